The van der Waals surface area contributed by atoms with Crippen LogP contribution >= 0.6 is 11.6 Å². The zero-order valence-corrected chi connectivity index (χ0v) is 25.8. The van der Waals surface area contributed by atoms with Crippen molar-refractivity contribution in [2.45, 2.75) is 65.1 Å². The molecule has 3 rings (SSSR count). The molecule has 1 N–H and O–H groups in total. The average molecular weight is 598 g/mol. The van der Waals surface area contributed by atoms with Gasteiger partial charge in [0.1, 0.15) is 6.04 Å². The molecule has 0 spiro atoms. The molecule has 41 heavy (non-hydrogen) atoms. The Bertz CT molecular complexity index is 1400. The van der Waals surface area contributed by atoms with Crippen LogP contribution in [0.15, 0.2) is 78.9 Å². The average Bonchev–Trinajstić information content (AvgIpc) is 2.94. The fourth-order valence-electron chi connectivity index (χ4n) is 4.61. The lowest BCUT2D eigenvalue weighted by Gasteiger charge is -2.33. The van der Waals surface area contributed by atoms with E-state index in [2.05, 4.69) is 5.32 Å². The monoisotopic (exact) mass is 597 g/mol. The van der Waals surface area contributed by atoms with Crippen LogP contribution in [0.25, 0.3) is 0 Å². The minimum Gasteiger partial charge on any atom is -0.352 e. The highest BCUT2D eigenvalue weighted by Gasteiger charge is 2.31. The Balaban J connectivity index is 1.89. The predicted molar refractivity (Wildman–Crippen MR) is 166 cm³/mol. The van der Waals surface area contributed by atoms with Crippen LogP contribution in [0.1, 0.15) is 49.8 Å². The third kappa shape index (κ3) is 9.61. The van der Waals surface area contributed by atoms with Crippen molar-refractivity contribution < 1.29 is 18.0 Å². The number of sulfonamides is 1. The zero-order valence-electron chi connectivity index (χ0n) is 24.2. The van der Waals surface area contributed by atoms with Crippen molar-refractivity contribution in [3.8, 4) is 0 Å². The summed E-state index contributed by atoms with van der Waals surface area (Å²) in [6.45, 7) is 6.12. The van der Waals surface area contributed by atoms with E-state index in [1.165, 1.54) is 4.31 Å². The van der Waals surface area contributed by atoms with Gasteiger partial charge in [-0.05, 0) is 55.5 Å². The van der Waals surface area contributed by atoms with Gasteiger partial charge in [0.05, 0.1) is 11.9 Å². The first kappa shape index (κ1) is 32.2. The lowest BCUT2D eigenvalue weighted by atomic mass is 10.0. The highest BCUT2D eigenvalue weighted by molar-refractivity contribution is 7.92. The summed E-state index contributed by atoms with van der Waals surface area (Å²) in [5.74, 6) is -0.426. The number of benzene rings is 3. The molecular formula is C32H40ClN3O4S. The molecule has 2 unspecified atom stereocenters. The van der Waals surface area contributed by atoms with Crippen molar-refractivity contribution in [2.24, 2.45) is 0 Å². The summed E-state index contributed by atoms with van der Waals surface area (Å²) >= 11 is 6.17. The van der Waals surface area contributed by atoms with Gasteiger partial charge in [-0.25, -0.2) is 8.42 Å². The van der Waals surface area contributed by atoms with Gasteiger partial charge in [0, 0.05) is 37.0 Å². The van der Waals surface area contributed by atoms with Gasteiger partial charge in [-0.1, -0.05) is 85.3 Å². The number of nitrogens with one attached hydrogen (secondary N) is 1. The molecule has 0 saturated heterocycles. The first-order valence-corrected chi connectivity index (χ1v) is 16.1. The van der Waals surface area contributed by atoms with Gasteiger partial charge in [-0.3, -0.25) is 13.9 Å². The molecule has 0 radical (unpaired) electrons. The third-order valence-corrected chi connectivity index (χ3v) is 8.47. The van der Waals surface area contributed by atoms with Crippen molar-refractivity contribution >= 4 is 39.1 Å². The maximum atomic E-state index is 13.9. The number of aryl methyl sites for hydroxylation is 1. The molecule has 0 aliphatic rings. The number of rotatable bonds is 14. The van der Waals surface area contributed by atoms with Crippen LogP contribution in [0.5, 0.6) is 0 Å². The molecule has 0 saturated carbocycles. The van der Waals surface area contributed by atoms with Crippen LogP contribution in [0.2, 0.25) is 5.02 Å². The van der Waals surface area contributed by atoms with Crippen molar-refractivity contribution in [1.82, 2.24) is 10.2 Å². The Labute approximate surface area is 249 Å². The van der Waals surface area contributed by atoms with Crippen LogP contribution in [-0.2, 0) is 32.6 Å². The maximum absolute atomic E-state index is 13.9. The van der Waals surface area contributed by atoms with Gasteiger partial charge in [0.25, 0.3) is 0 Å². The van der Waals surface area contributed by atoms with Crippen LogP contribution < -0.4 is 9.62 Å². The fourth-order valence-corrected chi connectivity index (χ4v) is 5.79. The first-order chi connectivity index (χ1) is 19.5. The molecule has 220 valence electrons. The molecule has 9 heteroatoms. The number of amides is 2. The maximum Gasteiger partial charge on any atom is 0.243 e. The van der Waals surface area contributed by atoms with Crippen molar-refractivity contribution in [2.75, 3.05) is 17.1 Å². The third-order valence-electron chi connectivity index (χ3n) is 7.06. The lowest BCUT2D eigenvalue weighted by Crippen LogP contribution is -2.52. The topological polar surface area (TPSA) is 86.8 Å². The van der Waals surface area contributed by atoms with E-state index < -0.39 is 16.1 Å². The molecule has 2 amide bonds. The molecule has 0 aliphatic heterocycles. The largest absolute Gasteiger partial charge is 0.352 e. The molecule has 3 aromatic carbocycles. The summed E-state index contributed by atoms with van der Waals surface area (Å²) in [5, 5.41) is 3.50. The summed E-state index contributed by atoms with van der Waals surface area (Å²) < 4.78 is 26.7. The highest BCUT2D eigenvalue weighted by atomic mass is 35.5. The van der Waals surface area contributed by atoms with Gasteiger partial charge in [-0.2, -0.15) is 0 Å². The van der Waals surface area contributed by atoms with Crippen LogP contribution in [0, 0.1) is 6.92 Å². The minimum atomic E-state index is -3.63. The second kappa shape index (κ2) is 15.0. The van der Waals surface area contributed by atoms with E-state index in [-0.39, 0.29) is 43.8 Å². The van der Waals surface area contributed by atoms with E-state index in [4.69, 9.17) is 11.6 Å². The van der Waals surface area contributed by atoms with Crippen LogP contribution in [0.4, 0.5) is 5.69 Å². The fraction of sp³-hybridized carbons (Fsp3) is 0.375. The Kier molecular flexibility index (Phi) is 11.8. The molecule has 7 nitrogen and oxygen atoms in total. The van der Waals surface area contributed by atoms with E-state index in [9.17, 15) is 18.0 Å². The van der Waals surface area contributed by atoms with Gasteiger partial charge >= 0.3 is 0 Å². The highest BCUT2D eigenvalue weighted by Crippen LogP contribution is 2.27. The molecule has 0 bridgehead atoms. The number of carbonyl (C=O) groups is 2. The van der Waals surface area contributed by atoms with Gasteiger partial charge in [0.15, 0.2) is 0 Å². The van der Waals surface area contributed by atoms with Crippen LogP contribution in [0.3, 0.4) is 0 Å². The first-order valence-electron chi connectivity index (χ1n) is 13.9. The predicted octanol–water partition coefficient (Wildman–Crippen LogP) is 5.75. The van der Waals surface area contributed by atoms with Crippen molar-refractivity contribution in [3.63, 3.8) is 0 Å². The Morgan fingerprint density at radius 3 is 2.15 bits per heavy atom. The van der Waals surface area contributed by atoms with E-state index in [1.807, 2.05) is 81.4 Å². The normalized spacial score (nSPS) is 12.8. The second-order valence-corrected chi connectivity index (χ2v) is 12.7. The van der Waals surface area contributed by atoms with Gasteiger partial charge < -0.3 is 10.2 Å². The molecule has 0 fully saturated rings. The number of hydrogen-bond donors (Lipinski definition) is 1. The summed E-state index contributed by atoms with van der Waals surface area (Å²) in [4.78, 5) is 29.1. The minimum absolute atomic E-state index is 0.0429. The SMILES string of the molecule is CCC(C)NC(=O)C(Cc1ccccc1)N(Cc1ccccc1)C(=O)CCCN(c1cc(Cl)ccc1C)S(C)(=O)=O. The molecular weight excluding hydrogens is 558 g/mol. The summed E-state index contributed by atoms with van der Waals surface area (Å²) in [7, 11) is -3.63. The second-order valence-electron chi connectivity index (χ2n) is 10.4. The molecule has 0 aromatic heterocycles. The Morgan fingerprint density at radius 1 is 0.951 bits per heavy atom. The van der Waals surface area contributed by atoms with E-state index in [0.29, 0.717) is 17.1 Å². The van der Waals surface area contributed by atoms with E-state index >= 15 is 0 Å². The standard InChI is InChI=1S/C32H40ClN3O4S/c1-5-25(3)34-32(38)30(21-26-13-8-6-9-14-26)35(23-27-15-10-7-11-16-27)31(37)17-12-20-36(41(4,39)40)29-22-28(33)19-18-24(29)2/h6-11,13-16,18-19,22,25,30H,5,12,17,20-21,23H2,1-4H3,(H,34,38). The van der Waals surface area contributed by atoms with Gasteiger partial charge in [-0.15, -0.1) is 0 Å². The van der Waals surface area contributed by atoms with Crippen molar-refractivity contribution in [3.05, 3.63) is 101 Å². The van der Waals surface area contributed by atoms with E-state index in [0.717, 1.165) is 29.4 Å². The smallest absolute Gasteiger partial charge is 0.243 e. The van der Waals surface area contributed by atoms with Crippen LogP contribution in [-0.4, -0.2) is 50.0 Å². The lowest BCUT2D eigenvalue weighted by molar-refractivity contribution is -0.141. The molecule has 3 aromatic rings. The van der Waals surface area contributed by atoms with Crippen molar-refractivity contribution in [1.29, 1.82) is 0 Å². The number of nitrogens with zero attached hydrogens (tertiary/aromatic N) is 2. The summed E-state index contributed by atoms with van der Waals surface area (Å²) in [5.41, 5.74) is 3.11. The quantitative estimate of drug-likeness (QED) is 0.256. The Morgan fingerprint density at radius 2 is 1.56 bits per heavy atom. The molecule has 0 heterocycles. The number of halogens is 1. The number of hydrogen-bond acceptors (Lipinski definition) is 4. The number of carbonyl (C=O) groups excluding carboxylic acids is 2. The summed E-state index contributed by atoms with van der Waals surface area (Å²) in [6.07, 6.45) is 2.61. The Hall–Kier alpha value is -3.36. The molecule has 2 atom stereocenters. The van der Waals surface area contributed by atoms with E-state index in [1.54, 1.807) is 23.1 Å². The van der Waals surface area contributed by atoms with Gasteiger partial charge in [0.2, 0.25) is 21.8 Å². The summed E-state index contributed by atoms with van der Waals surface area (Å²) in [6, 6.07) is 23.6. The molecule has 0 aliphatic carbocycles. The zero-order chi connectivity index (χ0) is 30.0. The number of anilines is 1.